The van der Waals surface area contributed by atoms with Crippen molar-refractivity contribution in [1.82, 2.24) is 0 Å². The Hall–Kier alpha value is -0.970. The normalized spacial score (nSPS) is 46.4. The molecule has 4 rings (SSSR count). The molecular weight excluding hydrogens is 340 g/mol. The molecule has 8 atom stereocenters. The number of carbonyl (C=O) groups excluding carboxylic acids is 1. The lowest BCUT2D eigenvalue weighted by Crippen LogP contribution is -2.59. The number of ketones is 1. The number of hydrogen-bond donors (Lipinski definition) is 1. The van der Waals surface area contributed by atoms with Crippen molar-refractivity contribution >= 4 is 5.78 Å². The first-order chi connectivity index (χ1) is 12.6. The van der Waals surface area contributed by atoms with Crippen molar-refractivity contribution in [3.63, 3.8) is 0 Å². The molecule has 0 aromatic carbocycles. The van der Waals surface area contributed by atoms with Gasteiger partial charge in [0.15, 0.2) is 11.6 Å². The maximum Gasteiger partial charge on any atom is 0.164 e. The molecule has 4 aliphatic rings. The van der Waals surface area contributed by atoms with E-state index in [4.69, 9.17) is 9.47 Å². The summed E-state index contributed by atoms with van der Waals surface area (Å²) in [6.45, 7) is 15.0. The molecule has 3 aliphatic carbocycles. The minimum atomic E-state index is -0.953. The van der Waals surface area contributed by atoms with E-state index in [1.165, 1.54) is 11.1 Å². The largest absolute Gasteiger partial charge is 0.385 e. The van der Waals surface area contributed by atoms with Gasteiger partial charge in [-0.25, -0.2) is 0 Å². The van der Waals surface area contributed by atoms with E-state index in [2.05, 4.69) is 13.5 Å². The molecule has 4 heteroatoms. The van der Waals surface area contributed by atoms with E-state index < -0.39 is 11.9 Å². The molecule has 1 saturated heterocycles. The zero-order valence-electron chi connectivity index (χ0n) is 17.3. The number of hydrogen-bond acceptors (Lipinski definition) is 4. The predicted molar refractivity (Wildman–Crippen MR) is 104 cm³/mol. The standard InChI is InChI=1S/C23H34O4/c1-11(2)17-16-9-14-10-26-23(5,6)27-22(14)19-15(8-7-12(3)18(16)19)13(4)20(24)21(17)25/h13-17,19,21-22,25H,1,7-10H2,2-6H3/t13-,14+,15+,16+,17+,19-,21?,22-/m1/s1. The molecule has 4 nitrogen and oxygen atoms in total. The molecule has 0 aromatic rings. The van der Waals surface area contributed by atoms with E-state index in [0.717, 1.165) is 24.8 Å². The number of Topliss-reactive ketones (excluding diaryl/α,β-unsaturated/α-hetero) is 1. The summed E-state index contributed by atoms with van der Waals surface area (Å²) in [5.74, 6) is -0.00586. The fourth-order valence-electron chi connectivity index (χ4n) is 6.48. The van der Waals surface area contributed by atoms with Gasteiger partial charge in [0.05, 0.1) is 12.7 Å². The van der Waals surface area contributed by atoms with Gasteiger partial charge in [0, 0.05) is 23.7 Å². The van der Waals surface area contributed by atoms with Gasteiger partial charge in [-0.3, -0.25) is 4.79 Å². The first-order valence-electron chi connectivity index (χ1n) is 10.5. The zero-order chi connectivity index (χ0) is 19.7. The Kier molecular flexibility index (Phi) is 4.68. The summed E-state index contributed by atoms with van der Waals surface area (Å²) in [7, 11) is 0. The van der Waals surface area contributed by atoms with Crippen LogP contribution in [0, 0.1) is 35.5 Å². The molecule has 0 radical (unpaired) electrons. The molecular formula is C23H34O4. The van der Waals surface area contributed by atoms with Gasteiger partial charge in [-0.05, 0) is 58.8 Å². The lowest BCUT2D eigenvalue weighted by atomic mass is 9.52. The topological polar surface area (TPSA) is 55.8 Å². The highest BCUT2D eigenvalue weighted by molar-refractivity contribution is 5.86. The zero-order valence-corrected chi connectivity index (χ0v) is 17.3. The third-order valence-corrected chi connectivity index (χ3v) is 7.73. The average molecular weight is 375 g/mol. The molecule has 4 bridgehead atoms. The first-order valence-corrected chi connectivity index (χ1v) is 10.5. The van der Waals surface area contributed by atoms with E-state index in [1.54, 1.807) is 0 Å². The van der Waals surface area contributed by atoms with Crippen LogP contribution in [0.25, 0.3) is 0 Å². The van der Waals surface area contributed by atoms with E-state index >= 15 is 0 Å². The van der Waals surface area contributed by atoms with Crippen LogP contribution in [0.1, 0.15) is 53.9 Å². The van der Waals surface area contributed by atoms with Gasteiger partial charge < -0.3 is 14.6 Å². The van der Waals surface area contributed by atoms with Crippen LogP contribution in [0.15, 0.2) is 23.3 Å². The minimum absolute atomic E-state index is 0.00799. The average Bonchev–Trinajstić information content (AvgIpc) is 2.59. The number of carbonyl (C=O) groups is 1. The maximum absolute atomic E-state index is 13.1. The Morgan fingerprint density at radius 2 is 2.04 bits per heavy atom. The van der Waals surface area contributed by atoms with Crippen LogP contribution in [-0.4, -0.2) is 35.5 Å². The lowest BCUT2D eigenvalue weighted by molar-refractivity contribution is -0.311. The van der Waals surface area contributed by atoms with E-state index in [9.17, 15) is 9.90 Å². The summed E-state index contributed by atoms with van der Waals surface area (Å²) in [4.78, 5) is 13.1. The van der Waals surface area contributed by atoms with Crippen LogP contribution >= 0.6 is 0 Å². The Bertz CT molecular complexity index is 690. The van der Waals surface area contributed by atoms with Gasteiger partial charge in [-0.15, -0.1) is 0 Å². The highest BCUT2D eigenvalue weighted by atomic mass is 16.7. The van der Waals surface area contributed by atoms with Crippen molar-refractivity contribution in [2.75, 3.05) is 6.61 Å². The van der Waals surface area contributed by atoms with Gasteiger partial charge in [0.1, 0.15) is 6.10 Å². The third kappa shape index (κ3) is 2.95. The number of rotatable bonds is 1. The van der Waals surface area contributed by atoms with Crippen molar-refractivity contribution in [3.8, 4) is 0 Å². The van der Waals surface area contributed by atoms with Crippen molar-refractivity contribution < 1.29 is 19.4 Å². The number of aliphatic hydroxyl groups is 1. The monoisotopic (exact) mass is 374 g/mol. The second-order valence-electron chi connectivity index (χ2n) is 9.87. The van der Waals surface area contributed by atoms with Gasteiger partial charge in [0.2, 0.25) is 0 Å². The quantitative estimate of drug-likeness (QED) is 0.708. The number of allylic oxidation sites excluding steroid dienone is 1. The fraction of sp³-hybridized carbons (Fsp3) is 0.783. The van der Waals surface area contributed by atoms with Crippen molar-refractivity contribution in [2.45, 2.75) is 71.9 Å². The summed E-state index contributed by atoms with van der Waals surface area (Å²) >= 11 is 0. The van der Waals surface area contributed by atoms with Gasteiger partial charge >= 0.3 is 0 Å². The highest BCUT2D eigenvalue weighted by Gasteiger charge is 2.57. The SMILES string of the molecule is C=C(C)[C@@H]1C(O)C(=O)[C@H](C)[C@@H]2CCC(C)=C3[C@@H]2[C@@H]2OC(C)(C)OC[C@@H]2C[C@H]31. The molecule has 0 spiro atoms. The summed E-state index contributed by atoms with van der Waals surface area (Å²) < 4.78 is 12.5. The molecule has 150 valence electrons. The van der Waals surface area contributed by atoms with Crippen LogP contribution in [0.2, 0.25) is 0 Å². The van der Waals surface area contributed by atoms with E-state index in [1.807, 2.05) is 27.7 Å². The molecule has 0 amide bonds. The second-order valence-corrected chi connectivity index (χ2v) is 9.87. The first kappa shape index (κ1) is 19.4. The highest BCUT2D eigenvalue weighted by Crippen LogP contribution is 2.57. The van der Waals surface area contributed by atoms with E-state index in [0.29, 0.717) is 12.5 Å². The Balaban J connectivity index is 1.87. The van der Waals surface area contributed by atoms with Crippen LogP contribution in [-0.2, 0) is 14.3 Å². The predicted octanol–water partition coefficient (Wildman–Crippen LogP) is 3.89. The third-order valence-electron chi connectivity index (χ3n) is 7.73. The molecule has 0 aromatic heterocycles. The Morgan fingerprint density at radius 3 is 2.70 bits per heavy atom. The Morgan fingerprint density at radius 1 is 1.33 bits per heavy atom. The number of aliphatic hydroxyl groups excluding tert-OH is 1. The lowest BCUT2D eigenvalue weighted by Gasteiger charge is -2.57. The second kappa shape index (κ2) is 6.53. The van der Waals surface area contributed by atoms with Crippen LogP contribution in [0.5, 0.6) is 0 Å². The summed E-state index contributed by atoms with van der Waals surface area (Å²) in [5.41, 5.74) is 3.80. The molecule has 1 N–H and O–H groups in total. The molecule has 1 unspecified atom stereocenters. The summed E-state index contributed by atoms with van der Waals surface area (Å²) in [6.07, 6.45) is 2.08. The number of fused-ring (bicyclic) bond motifs is 1. The van der Waals surface area contributed by atoms with Gasteiger partial charge in [-0.2, -0.15) is 0 Å². The summed E-state index contributed by atoms with van der Waals surface area (Å²) in [5, 5.41) is 11.0. The van der Waals surface area contributed by atoms with Gasteiger partial charge in [0.25, 0.3) is 0 Å². The van der Waals surface area contributed by atoms with Gasteiger partial charge in [-0.1, -0.05) is 30.2 Å². The molecule has 2 saturated carbocycles. The van der Waals surface area contributed by atoms with Crippen molar-refractivity contribution in [3.05, 3.63) is 23.3 Å². The van der Waals surface area contributed by atoms with Crippen LogP contribution < -0.4 is 0 Å². The van der Waals surface area contributed by atoms with Crippen LogP contribution in [0.3, 0.4) is 0 Å². The molecule has 1 aliphatic heterocycles. The summed E-state index contributed by atoms with van der Waals surface area (Å²) in [6, 6.07) is 0. The Labute approximate surface area is 163 Å². The van der Waals surface area contributed by atoms with Crippen molar-refractivity contribution in [2.24, 2.45) is 35.5 Å². The van der Waals surface area contributed by atoms with Crippen molar-refractivity contribution in [1.29, 1.82) is 0 Å². The number of ether oxygens (including phenoxy) is 2. The molecule has 1 heterocycles. The molecule has 27 heavy (non-hydrogen) atoms. The minimum Gasteiger partial charge on any atom is -0.385 e. The van der Waals surface area contributed by atoms with E-state index in [-0.39, 0.29) is 41.5 Å². The molecule has 3 fully saturated rings. The maximum atomic E-state index is 13.1. The van der Waals surface area contributed by atoms with Crippen LogP contribution in [0.4, 0.5) is 0 Å². The smallest absolute Gasteiger partial charge is 0.164 e. The fourth-order valence-corrected chi connectivity index (χ4v) is 6.48.